The fraction of sp³-hybridized carbons (Fsp3) is 0.263. The van der Waals surface area contributed by atoms with Gasteiger partial charge in [-0.25, -0.2) is 9.97 Å². The number of allylic oxidation sites excluding steroid dienone is 2. The molecule has 0 unspecified atom stereocenters. The maximum Gasteiger partial charge on any atom is 0.146 e. The number of aliphatic imine (C=N–C) groups is 1. The van der Waals surface area contributed by atoms with Crippen LogP contribution in [0.5, 0.6) is 5.75 Å². The molecule has 8 nitrogen and oxygen atoms in total. The Labute approximate surface area is 157 Å². The highest BCUT2D eigenvalue weighted by molar-refractivity contribution is 6.22. The van der Waals surface area contributed by atoms with Crippen molar-refractivity contribution in [3.05, 3.63) is 42.2 Å². The average molecular weight is 365 g/mol. The van der Waals surface area contributed by atoms with Gasteiger partial charge in [0.15, 0.2) is 0 Å². The van der Waals surface area contributed by atoms with Crippen LogP contribution in [0.15, 0.2) is 41.5 Å². The van der Waals surface area contributed by atoms with Crippen LogP contribution in [0.2, 0.25) is 0 Å². The van der Waals surface area contributed by atoms with E-state index in [1.807, 2.05) is 37.6 Å². The van der Waals surface area contributed by atoms with Crippen molar-refractivity contribution in [2.24, 2.45) is 17.8 Å². The lowest BCUT2D eigenvalue weighted by molar-refractivity contribution is 0.416. The van der Waals surface area contributed by atoms with E-state index in [4.69, 9.17) is 10.5 Å². The molecule has 3 heterocycles. The molecule has 0 fully saturated rings. The second-order valence-corrected chi connectivity index (χ2v) is 6.18. The molecule has 0 atom stereocenters. The summed E-state index contributed by atoms with van der Waals surface area (Å²) in [5.41, 5.74) is 11.5. The fourth-order valence-electron chi connectivity index (χ4n) is 2.86. The number of imidazole rings is 1. The summed E-state index contributed by atoms with van der Waals surface area (Å²) in [6, 6.07) is 3.77. The Morgan fingerprint density at radius 2 is 1.96 bits per heavy atom. The molecule has 0 aliphatic carbocycles. The topological polar surface area (TPSA) is 103 Å². The van der Waals surface area contributed by atoms with E-state index in [1.54, 1.807) is 32.9 Å². The summed E-state index contributed by atoms with van der Waals surface area (Å²) in [6.07, 6.45) is 5.19. The number of nitrogens with zero attached hydrogens (tertiary/aromatic N) is 5. The van der Waals surface area contributed by atoms with Crippen LogP contribution in [0.3, 0.4) is 0 Å². The first-order chi connectivity index (χ1) is 12.9. The van der Waals surface area contributed by atoms with Gasteiger partial charge in [0.1, 0.15) is 22.8 Å². The minimum atomic E-state index is 0.634. The van der Waals surface area contributed by atoms with E-state index < -0.39 is 0 Å². The SMILES string of the molecule is CN=C(C)/C(=C(/C)N)c1cc(OC)c(Nc2cc3c(cn2)ncn3C)cn1. The molecule has 0 saturated carbocycles. The standard InChI is InChI=1S/C19H23N7O/c1-11(20)19(12(2)21-3)13-6-17(27-5)15(9-22-13)25-18-7-16-14(8-23-18)24-10-26(16)4/h6-10H,20H2,1-5H3,(H,23,25)/b19-11+,21-12?. The van der Waals surface area contributed by atoms with Crippen LogP contribution >= 0.6 is 0 Å². The molecule has 0 bridgehead atoms. The molecule has 27 heavy (non-hydrogen) atoms. The van der Waals surface area contributed by atoms with Crippen molar-refractivity contribution in [1.29, 1.82) is 0 Å². The number of hydrogen-bond acceptors (Lipinski definition) is 7. The van der Waals surface area contributed by atoms with E-state index in [-0.39, 0.29) is 0 Å². The Hall–Kier alpha value is -3.42. The molecule has 140 valence electrons. The summed E-state index contributed by atoms with van der Waals surface area (Å²) in [7, 11) is 5.28. The van der Waals surface area contributed by atoms with E-state index in [1.165, 1.54) is 0 Å². The Morgan fingerprint density at radius 3 is 2.63 bits per heavy atom. The van der Waals surface area contributed by atoms with Crippen LogP contribution < -0.4 is 15.8 Å². The number of hydrogen-bond donors (Lipinski definition) is 2. The lowest BCUT2D eigenvalue weighted by Crippen LogP contribution is -2.08. The van der Waals surface area contributed by atoms with Gasteiger partial charge in [-0.3, -0.25) is 9.98 Å². The van der Waals surface area contributed by atoms with E-state index in [0.29, 0.717) is 28.6 Å². The van der Waals surface area contributed by atoms with Gasteiger partial charge in [-0.15, -0.1) is 0 Å². The van der Waals surface area contributed by atoms with Crippen molar-refractivity contribution in [1.82, 2.24) is 19.5 Å². The quantitative estimate of drug-likeness (QED) is 0.674. The molecule has 3 aromatic heterocycles. The minimum Gasteiger partial charge on any atom is -0.494 e. The number of aromatic nitrogens is 4. The van der Waals surface area contributed by atoms with Gasteiger partial charge >= 0.3 is 0 Å². The van der Waals surface area contributed by atoms with Crippen LogP contribution in [-0.2, 0) is 7.05 Å². The summed E-state index contributed by atoms with van der Waals surface area (Å²) >= 11 is 0. The first kappa shape index (κ1) is 18.4. The molecule has 8 heteroatoms. The summed E-state index contributed by atoms with van der Waals surface area (Å²) in [6.45, 7) is 3.73. The highest BCUT2D eigenvalue weighted by atomic mass is 16.5. The zero-order valence-corrected chi connectivity index (χ0v) is 16.1. The third-order valence-corrected chi connectivity index (χ3v) is 4.31. The van der Waals surface area contributed by atoms with Crippen molar-refractivity contribution in [2.45, 2.75) is 13.8 Å². The Morgan fingerprint density at radius 1 is 1.19 bits per heavy atom. The van der Waals surface area contributed by atoms with E-state index in [0.717, 1.165) is 22.3 Å². The lowest BCUT2D eigenvalue weighted by Gasteiger charge is -2.14. The van der Waals surface area contributed by atoms with Crippen molar-refractivity contribution in [3.63, 3.8) is 0 Å². The summed E-state index contributed by atoms with van der Waals surface area (Å²) in [5.74, 6) is 1.31. The van der Waals surface area contributed by atoms with Crippen molar-refractivity contribution in [2.75, 3.05) is 19.5 Å². The smallest absolute Gasteiger partial charge is 0.146 e. The van der Waals surface area contributed by atoms with Crippen molar-refractivity contribution in [3.8, 4) is 5.75 Å². The molecule has 0 saturated heterocycles. The zero-order valence-electron chi connectivity index (χ0n) is 16.1. The van der Waals surface area contributed by atoms with Gasteiger partial charge in [0.05, 0.1) is 37.0 Å². The Kier molecular flexibility index (Phi) is 5.07. The van der Waals surface area contributed by atoms with E-state index in [9.17, 15) is 0 Å². The number of pyridine rings is 2. The largest absolute Gasteiger partial charge is 0.494 e. The number of anilines is 2. The number of nitrogens with two attached hydrogens (primary N) is 1. The van der Waals surface area contributed by atoms with E-state index >= 15 is 0 Å². The molecule has 0 aromatic carbocycles. The van der Waals surface area contributed by atoms with Crippen LogP contribution in [0.25, 0.3) is 16.6 Å². The summed E-state index contributed by atoms with van der Waals surface area (Å²) in [5, 5.41) is 3.25. The van der Waals surface area contributed by atoms with Crippen molar-refractivity contribution < 1.29 is 4.74 Å². The first-order valence-corrected chi connectivity index (χ1v) is 8.43. The van der Waals surface area contributed by atoms with Crippen LogP contribution in [-0.4, -0.2) is 39.4 Å². The Balaban J connectivity index is 1.99. The van der Waals surface area contributed by atoms with Crippen molar-refractivity contribution >= 4 is 33.8 Å². The number of rotatable bonds is 5. The van der Waals surface area contributed by atoms with Gasteiger partial charge in [-0.05, 0) is 13.8 Å². The van der Waals surface area contributed by atoms with Gasteiger partial charge < -0.3 is 20.4 Å². The zero-order chi connectivity index (χ0) is 19.6. The molecule has 3 aromatic rings. The number of fused-ring (bicyclic) bond motifs is 1. The molecule has 3 N–H and O–H groups in total. The first-order valence-electron chi connectivity index (χ1n) is 8.43. The number of aryl methyl sites for hydroxylation is 1. The van der Waals surface area contributed by atoms with Gasteiger partial charge in [0, 0.05) is 43.2 Å². The molecular weight excluding hydrogens is 342 g/mol. The molecule has 3 rings (SSSR count). The fourth-order valence-corrected chi connectivity index (χ4v) is 2.86. The number of nitrogens with one attached hydrogen (secondary N) is 1. The van der Waals surface area contributed by atoms with Gasteiger partial charge in [-0.2, -0.15) is 0 Å². The summed E-state index contributed by atoms with van der Waals surface area (Å²) < 4.78 is 7.49. The molecule has 0 aliphatic heterocycles. The van der Waals surface area contributed by atoms with Crippen LogP contribution in [0, 0.1) is 0 Å². The molecule has 0 amide bonds. The average Bonchev–Trinajstić information content (AvgIpc) is 3.03. The summed E-state index contributed by atoms with van der Waals surface area (Å²) in [4.78, 5) is 17.4. The minimum absolute atomic E-state index is 0.634. The van der Waals surface area contributed by atoms with Gasteiger partial charge in [-0.1, -0.05) is 0 Å². The second kappa shape index (κ2) is 7.45. The maximum absolute atomic E-state index is 6.04. The predicted octanol–water partition coefficient (Wildman–Crippen LogP) is 2.90. The maximum atomic E-state index is 6.04. The predicted molar refractivity (Wildman–Crippen MR) is 108 cm³/mol. The van der Waals surface area contributed by atoms with Gasteiger partial charge in [0.2, 0.25) is 0 Å². The number of methoxy groups -OCH3 is 1. The van der Waals surface area contributed by atoms with Gasteiger partial charge in [0.25, 0.3) is 0 Å². The molecule has 0 spiro atoms. The lowest BCUT2D eigenvalue weighted by atomic mass is 10.0. The second-order valence-electron chi connectivity index (χ2n) is 6.18. The van der Waals surface area contributed by atoms with Crippen LogP contribution in [0.1, 0.15) is 19.5 Å². The third kappa shape index (κ3) is 3.59. The molecule has 0 radical (unpaired) electrons. The number of ether oxygens (including phenoxy) is 1. The van der Waals surface area contributed by atoms with Crippen LogP contribution in [0.4, 0.5) is 11.5 Å². The highest BCUT2D eigenvalue weighted by Crippen LogP contribution is 2.30. The Bertz CT molecular complexity index is 1050. The highest BCUT2D eigenvalue weighted by Gasteiger charge is 2.14. The monoisotopic (exact) mass is 365 g/mol. The normalized spacial score (nSPS) is 12.9. The third-order valence-electron chi connectivity index (χ3n) is 4.31. The molecular formula is C19H23N7O. The van der Waals surface area contributed by atoms with E-state index in [2.05, 4.69) is 25.3 Å². The molecule has 0 aliphatic rings.